The van der Waals surface area contributed by atoms with Crippen LogP contribution in [0.5, 0.6) is 5.75 Å². The lowest BCUT2D eigenvalue weighted by molar-refractivity contribution is 0.175. The van der Waals surface area contributed by atoms with E-state index in [2.05, 4.69) is 5.32 Å². The van der Waals surface area contributed by atoms with Crippen molar-refractivity contribution in [1.82, 2.24) is 10.2 Å². The monoisotopic (exact) mass is 456 g/mol. The summed E-state index contributed by atoms with van der Waals surface area (Å²) in [5.41, 5.74) is 0.553. The summed E-state index contributed by atoms with van der Waals surface area (Å²) in [4.78, 5) is 13.7. The second-order valence-corrected chi connectivity index (χ2v) is 11.8. The van der Waals surface area contributed by atoms with Crippen LogP contribution in [0.15, 0.2) is 18.2 Å². The van der Waals surface area contributed by atoms with Gasteiger partial charge in [-0.3, -0.25) is 0 Å². The molecule has 1 atom stereocenters. The van der Waals surface area contributed by atoms with Crippen LogP contribution in [0, 0.1) is 11.7 Å². The molecule has 2 amide bonds. The highest BCUT2D eigenvalue weighted by Crippen LogP contribution is 2.26. The number of nitrogens with zero attached hydrogens (tertiary/aromatic N) is 1. The van der Waals surface area contributed by atoms with Gasteiger partial charge in [0.25, 0.3) is 0 Å². The van der Waals surface area contributed by atoms with Crippen LogP contribution < -0.4 is 10.1 Å². The van der Waals surface area contributed by atoms with E-state index < -0.39 is 15.7 Å². The summed E-state index contributed by atoms with van der Waals surface area (Å²) in [6.45, 7) is 11.5. The zero-order valence-corrected chi connectivity index (χ0v) is 20.2. The van der Waals surface area contributed by atoms with Gasteiger partial charge in [0.1, 0.15) is 0 Å². The first kappa shape index (κ1) is 25.4. The lowest BCUT2D eigenvalue weighted by Gasteiger charge is -2.29. The quantitative estimate of drug-likeness (QED) is 0.475. The Bertz CT molecular complexity index is 855. The number of amides is 2. The standard InChI is InChI=1S/C23H37FN2O4S/c1-17(2)14-30-21-13-19(9-10-20(21)24)18(3)15-31(28,29)12-8-6-7-11-26-22(27)25-16-23(26,4)5/h9-10,13,17-18H,6-8,11-12,14-16H2,1-5H3,(H,25,27)/t18-/m0/s1. The van der Waals surface area contributed by atoms with Gasteiger partial charge in [0, 0.05) is 13.1 Å². The average molecular weight is 457 g/mol. The van der Waals surface area contributed by atoms with Crippen molar-refractivity contribution in [2.75, 3.05) is 31.2 Å². The van der Waals surface area contributed by atoms with E-state index in [1.165, 1.54) is 6.07 Å². The van der Waals surface area contributed by atoms with Crippen LogP contribution in [0.4, 0.5) is 9.18 Å². The average Bonchev–Trinajstić information content (AvgIpc) is 2.93. The topological polar surface area (TPSA) is 75.7 Å². The zero-order chi connectivity index (χ0) is 23.2. The van der Waals surface area contributed by atoms with Gasteiger partial charge in [0.05, 0.1) is 23.7 Å². The van der Waals surface area contributed by atoms with Gasteiger partial charge in [-0.2, -0.15) is 0 Å². The Labute approximate surface area is 186 Å². The van der Waals surface area contributed by atoms with Crippen LogP contribution in [0.25, 0.3) is 0 Å². The minimum atomic E-state index is -3.24. The number of urea groups is 1. The van der Waals surface area contributed by atoms with E-state index in [1.807, 2.05) is 39.5 Å². The van der Waals surface area contributed by atoms with Crippen LogP contribution in [-0.4, -0.2) is 56.1 Å². The van der Waals surface area contributed by atoms with Crippen LogP contribution in [0.2, 0.25) is 0 Å². The first-order chi connectivity index (χ1) is 14.4. The number of sulfone groups is 1. The predicted molar refractivity (Wildman–Crippen MR) is 122 cm³/mol. The smallest absolute Gasteiger partial charge is 0.317 e. The highest BCUT2D eigenvalue weighted by atomic mass is 32.2. The van der Waals surface area contributed by atoms with Crippen LogP contribution in [-0.2, 0) is 9.84 Å². The van der Waals surface area contributed by atoms with E-state index in [1.54, 1.807) is 12.1 Å². The van der Waals surface area contributed by atoms with Crippen molar-refractivity contribution in [3.8, 4) is 5.75 Å². The number of rotatable bonds is 12. The number of halogens is 1. The minimum absolute atomic E-state index is 0.0177. The Morgan fingerprint density at radius 3 is 2.52 bits per heavy atom. The number of nitrogens with one attached hydrogen (secondary N) is 1. The molecule has 0 aromatic heterocycles. The van der Waals surface area contributed by atoms with Gasteiger partial charge < -0.3 is 15.0 Å². The summed E-state index contributed by atoms with van der Waals surface area (Å²) in [7, 11) is -3.24. The molecule has 1 aliphatic heterocycles. The number of carbonyl (C=O) groups is 1. The lowest BCUT2D eigenvalue weighted by atomic mass is 10.0. The fourth-order valence-electron chi connectivity index (χ4n) is 3.68. The number of benzene rings is 1. The fraction of sp³-hybridized carbons (Fsp3) is 0.696. The molecule has 0 aliphatic carbocycles. The Balaban J connectivity index is 1.81. The molecule has 2 rings (SSSR count). The fourth-order valence-corrected chi connectivity index (χ4v) is 5.45. The first-order valence-electron chi connectivity index (χ1n) is 11.1. The molecular formula is C23H37FN2O4S. The molecule has 31 heavy (non-hydrogen) atoms. The van der Waals surface area contributed by atoms with E-state index in [0.29, 0.717) is 26.1 Å². The molecule has 0 unspecified atom stereocenters. The molecule has 1 heterocycles. The van der Waals surface area contributed by atoms with E-state index >= 15 is 0 Å². The summed E-state index contributed by atoms with van der Waals surface area (Å²) >= 11 is 0. The normalized spacial score (nSPS) is 17.1. The molecule has 1 fully saturated rings. The third kappa shape index (κ3) is 7.66. The molecule has 0 bridgehead atoms. The van der Waals surface area contributed by atoms with Crippen molar-refractivity contribution in [2.45, 2.75) is 65.3 Å². The number of hydrogen-bond acceptors (Lipinski definition) is 4. The third-order valence-electron chi connectivity index (χ3n) is 5.59. The lowest BCUT2D eigenvalue weighted by Crippen LogP contribution is -2.42. The van der Waals surface area contributed by atoms with Gasteiger partial charge in [-0.25, -0.2) is 17.6 Å². The van der Waals surface area contributed by atoms with Gasteiger partial charge >= 0.3 is 6.03 Å². The van der Waals surface area contributed by atoms with Gasteiger partial charge in [-0.15, -0.1) is 0 Å². The maximum atomic E-state index is 14.0. The molecule has 1 saturated heterocycles. The molecule has 1 aliphatic rings. The minimum Gasteiger partial charge on any atom is -0.490 e. The van der Waals surface area contributed by atoms with Gasteiger partial charge in [0.2, 0.25) is 0 Å². The Hall–Kier alpha value is -1.83. The maximum absolute atomic E-state index is 14.0. The number of ether oxygens (including phenoxy) is 1. The molecule has 8 heteroatoms. The van der Waals surface area contributed by atoms with E-state index in [4.69, 9.17) is 4.74 Å². The molecule has 1 N–H and O–H groups in total. The summed E-state index contributed by atoms with van der Waals surface area (Å²) in [6, 6.07) is 4.52. The SMILES string of the molecule is CC(C)COc1cc([C@@H](C)CS(=O)(=O)CCCCCN2C(=O)NCC2(C)C)ccc1F. The van der Waals surface area contributed by atoms with E-state index in [9.17, 15) is 17.6 Å². The highest BCUT2D eigenvalue weighted by molar-refractivity contribution is 7.91. The summed E-state index contributed by atoms with van der Waals surface area (Å²) in [6.07, 6.45) is 2.09. The Kier molecular flexibility index (Phi) is 8.74. The first-order valence-corrected chi connectivity index (χ1v) is 12.9. The second kappa shape index (κ2) is 10.7. The molecular weight excluding hydrogens is 419 g/mol. The number of unbranched alkanes of at least 4 members (excludes halogenated alkanes) is 2. The second-order valence-electron chi connectivity index (χ2n) is 9.59. The van der Waals surface area contributed by atoms with Gasteiger partial charge in [-0.05, 0) is 56.2 Å². The van der Waals surface area contributed by atoms with Crippen LogP contribution in [0.3, 0.4) is 0 Å². The van der Waals surface area contributed by atoms with Crippen molar-refractivity contribution in [2.24, 2.45) is 5.92 Å². The predicted octanol–water partition coefficient (Wildman–Crippen LogP) is 4.35. The van der Waals surface area contributed by atoms with Gasteiger partial charge in [0.15, 0.2) is 21.4 Å². The molecule has 6 nitrogen and oxygen atoms in total. The van der Waals surface area contributed by atoms with E-state index in [0.717, 1.165) is 18.4 Å². The van der Waals surface area contributed by atoms with Crippen molar-refractivity contribution < 1.29 is 22.3 Å². The third-order valence-corrected chi connectivity index (χ3v) is 7.50. The van der Waals surface area contributed by atoms with E-state index in [-0.39, 0.29) is 40.7 Å². The summed E-state index contributed by atoms with van der Waals surface area (Å²) in [5.74, 6) is -0.110. The number of carbonyl (C=O) groups excluding carboxylic acids is 1. The molecule has 1 aromatic rings. The van der Waals surface area contributed by atoms with Gasteiger partial charge in [-0.1, -0.05) is 33.3 Å². The van der Waals surface area contributed by atoms with Crippen molar-refractivity contribution in [3.05, 3.63) is 29.6 Å². The molecule has 1 aromatic carbocycles. The van der Waals surface area contributed by atoms with Crippen molar-refractivity contribution >= 4 is 15.9 Å². The highest BCUT2D eigenvalue weighted by Gasteiger charge is 2.36. The van der Waals surface area contributed by atoms with Crippen molar-refractivity contribution in [1.29, 1.82) is 0 Å². The Morgan fingerprint density at radius 2 is 1.90 bits per heavy atom. The zero-order valence-electron chi connectivity index (χ0n) is 19.4. The van der Waals surface area contributed by atoms with Crippen molar-refractivity contribution in [3.63, 3.8) is 0 Å². The largest absolute Gasteiger partial charge is 0.490 e. The number of hydrogen-bond donors (Lipinski definition) is 1. The Morgan fingerprint density at radius 1 is 1.19 bits per heavy atom. The molecule has 0 spiro atoms. The molecule has 0 radical (unpaired) electrons. The summed E-state index contributed by atoms with van der Waals surface area (Å²) < 4.78 is 44.6. The van der Waals surface area contributed by atoms with Crippen LogP contribution in [0.1, 0.15) is 65.4 Å². The molecule has 176 valence electrons. The van der Waals surface area contributed by atoms with Crippen LogP contribution >= 0.6 is 0 Å². The summed E-state index contributed by atoms with van der Waals surface area (Å²) in [5, 5.41) is 2.84. The maximum Gasteiger partial charge on any atom is 0.317 e. The molecule has 0 saturated carbocycles.